The first kappa shape index (κ1) is 17.4. The molecule has 3 rings (SSSR count). The fourth-order valence-corrected chi connectivity index (χ4v) is 3.14. The fraction of sp³-hybridized carbons (Fsp3) is 0.316. The maximum Gasteiger partial charge on any atom is 0.261 e. The Kier molecular flexibility index (Phi) is 4.99. The van der Waals surface area contributed by atoms with Crippen molar-refractivity contribution in [3.8, 4) is 5.75 Å². The summed E-state index contributed by atoms with van der Waals surface area (Å²) in [6.45, 7) is 1.56. The second kappa shape index (κ2) is 7.19. The molecule has 0 unspecified atom stereocenters. The largest absolute Gasteiger partial charge is 0.481 e. The third kappa shape index (κ3) is 3.64. The van der Waals surface area contributed by atoms with Gasteiger partial charge < -0.3 is 15.2 Å². The summed E-state index contributed by atoms with van der Waals surface area (Å²) in [4.78, 5) is 12.4. The first-order valence-electron chi connectivity index (χ1n) is 8.11. The van der Waals surface area contributed by atoms with Gasteiger partial charge in [-0.25, -0.2) is 8.78 Å². The molecule has 2 aromatic rings. The van der Waals surface area contributed by atoms with Gasteiger partial charge in [0.05, 0.1) is 12.6 Å². The Labute approximate surface area is 144 Å². The molecule has 0 saturated carbocycles. The number of ether oxygens (including phenoxy) is 1. The Morgan fingerprint density at radius 2 is 1.96 bits per heavy atom. The van der Waals surface area contributed by atoms with Crippen LogP contribution >= 0.6 is 0 Å². The van der Waals surface area contributed by atoms with E-state index in [2.05, 4.69) is 5.32 Å². The van der Waals surface area contributed by atoms with Gasteiger partial charge in [-0.1, -0.05) is 24.3 Å². The number of hydrogen-bond donors (Lipinski definition) is 2. The van der Waals surface area contributed by atoms with E-state index in [0.717, 1.165) is 23.3 Å². The number of rotatable bonds is 5. The van der Waals surface area contributed by atoms with Crippen molar-refractivity contribution in [3.05, 3.63) is 65.2 Å². The molecule has 2 aromatic carbocycles. The average molecular weight is 347 g/mol. The monoisotopic (exact) mass is 347 g/mol. The summed E-state index contributed by atoms with van der Waals surface area (Å²) in [7, 11) is 0. The average Bonchev–Trinajstić information content (AvgIpc) is 2.96. The van der Waals surface area contributed by atoms with Crippen molar-refractivity contribution in [2.24, 2.45) is 0 Å². The number of amides is 1. The molecule has 1 amide bonds. The Balaban J connectivity index is 1.67. The number of nitrogens with one attached hydrogen (secondary N) is 1. The zero-order chi connectivity index (χ0) is 18.0. The van der Waals surface area contributed by atoms with Crippen molar-refractivity contribution in [1.29, 1.82) is 0 Å². The standard InChI is InChI=1S/C19H19F2NO3/c1-11(25-13-6-7-16(20)17(21)9-13)19(24)22-18-8-12(10-23)14-4-2-3-5-15(14)18/h2-7,9,11-12,18,23H,8,10H2,1H3,(H,22,24)/t11-,12-,18-/m0/s1. The second-order valence-electron chi connectivity index (χ2n) is 6.14. The summed E-state index contributed by atoms with van der Waals surface area (Å²) in [6, 6.07) is 10.6. The predicted molar refractivity (Wildman–Crippen MR) is 88.2 cm³/mol. The van der Waals surface area contributed by atoms with Gasteiger partial charge in [0, 0.05) is 12.0 Å². The molecule has 0 aromatic heterocycles. The number of carbonyl (C=O) groups excluding carboxylic acids is 1. The molecular weight excluding hydrogens is 328 g/mol. The number of benzene rings is 2. The Morgan fingerprint density at radius 1 is 1.24 bits per heavy atom. The minimum absolute atomic E-state index is 0.0103. The van der Waals surface area contributed by atoms with E-state index in [9.17, 15) is 18.7 Å². The molecule has 0 fully saturated rings. The maximum absolute atomic E-state index is 13.2. The van der Waals surface area contributed by atoms with Crippen LogP contribution in [0.3, 0.4) is 0 Å². The van der Waals surface area contributed by atoms with E-state index in [-0.39, 0.29) is 30.2 Å². The number of hydrogen-bond acceptors (Lipinski definition) is 3. The van der Waals surface area contributed by atoms with Crippen molar-refractivity contribution >= 4 is 5.91 Å². The summed E-state index contributed by atoms with van der Waals surface area (Å²) in [5.41, 5.74) is 2.01. The maximum atomic E-state index is 13.2. The molecule has 1 aliphatic carbocycles. The fourth-order valence-electron chi connectivity index (χ4n) is 3.14. The lowest BCUT2D eigenvalue weighted by Crippen LogP contribution is -2.38. The highest BCUT2D eigenvalue weighted by Gasteiger charge is 2.32. The molecule has 0 spiro atoms. The zero-order valence-electron chi connectivity index (χ0n) is 13.7. The van der Waals surface area contributed by atoms with Gasteiger partial charge in [0.15, 0.2) is 17.7 Å². The van der Waals surface area contributed by atoms with E-state index >= 15 is 0 Å². The van der Waals surface area contributed by atoms with Gasteiger partial charge in [-0.3, -0.25) is 4.79 Å². The number of halogens is 2. The quantitative estimate of drug-likeness (QED) is 0.874. The van der Waals surface area contributed by atoms with Gasteiger partial charge in [-0.15, -0.1) is 0 Å². The van der Waals surface area contributed by atoms with Crippen molar-refractivity contribution in [2.75, 3.05) is 6.61 Å². The summed E-state index contributed by atoms with van der Waals surface area (Å²) in [6.07, 6.45) is -0.260. The lowest BCUT2D eigenvalue weighted by molar-refractivity contribution is -0.128. The molecule has 0 saturated heterocycles. The minimum Gasteiger partial charge on any atom is -0.481 e. The molecule has 3 atom stereocenters. The smallest absolute Gasteiger partial charge is 0.261 e. The Morgan fingerprint density at radius 3 is 2.64 bits per heavy atom. The molecule has 0 bridgehead atoms. The highest BCUT2D eigenvalue weighted by molar-refractivity contribution is 5.81. The van der Waals surface area contributed by atoms with Crippen LogP contribution in [0.4, 0.5) is 8.78 Å². The van der Waals surface area contributed by atoms with Gasteiger partial charge in [0.2, 0.25) is 0 Å². The zero-order valence-corrected chi connectivity index (χ0v) is 13.7. The van der Waals surface area contributed by atoms with E-state index in [1.165, 1.54) is 6.07 Å². The summed E-state index contributed by atoms with van der Waals surface area (Å²) >= 11 is 0. The molecule has 0 aliphatic heterocycles. The Hall–Kier alpha value is -2.47. The highest BCUT2D eigenvalue weighted by Crippen LogP contribution is 2.39. The first-order valence-corrected chi connectivity index (χ1v) is 8.11. The third-order valence-corrected chi connectivity index (χ3v) is 4.44. The van der Waals surface area contributed by atoms with Gasteiger partial charge in [0.25, 0.3) is 5.91 Å². The highest BCUT2D eigenvalue weighted by atomic mass is 19.2. The predicted octanol–water partition coefficient (Wildman–Crippen LogP) is 3.07. The third-order valence-electron chi connectivity index (χ3n) is 4.44. The van der Waals surface area contributed by atoms with E-state index in [1.807, 2.05) is 24.3 Å². The van der Waals surface area contributed by atoms with Crippen LogP contribution in [0, 0.1) is 11.6 Å². The molecule has 0 radical (unpaired) electrons. The minimum atomic E-state index is -1.03. The molecule has 25 heavy (non-hydrogen) atoms. The van der Waals surface area contributed by atoms with Gasteiger partial charge in [0.1, 0.15) is 5.75 Å². The van der Waals surface area contributed by atoms with Crippen molar-refractivity contribution in [3.63, 3.8) is 0 Å². The Bertz CT molecular complexity index is 781. The van der Waals surface area contributed by atoms with Crippen molar-refractivity contribution < 1.29 is 23.4 Å². The molecule has 132 valence electrons. The van der Waals surface area contributed by atoms with E-state index in [1.54, 1.807) is 6.92 Å². The summed E-state index contributed by atoms with van der Waals surface area (Å²) in [5.74, 6) is -2.28. The lowest BCUT2D eigenvalue weighted by atomic mass is 10.0. The van der Waals surface area contributed by atoms with Gasteiger partial charge in [-0.05, 0) is 36.6 Å². The summed E-state index contributed by atoms with van der Waals surface area (Å²) in [5, 5.41) is 12.4. The van der Waals surface area contributed by atoms with Crippen LogP contribution in [0.2, 0.25) is 0 Å². The molecule has 1 aliphatic rings. The van der Waals surface area contributed by atoms with Crippen molar-refractivity contribution in [2.45, 2.75) is 31.4 Å². The topological polar surface area (TPSA) is 58.6 Å². The van der Waals surface area contributed by atoms with Crippen molar-refractivity contribution in [1.82, 2.24) is 5.32 Å². The van der Waals surface area contributed by atoms with Crippen LogP contribution in [0.5, 0.6) is 5.75 Å². The molecule has 6 heteroatoms. The first-order chi connectivity index (χ1) is 12.0. The van der Waals surface area contributed by atoms with Crippen LogP contribution in [0.15, 0.2) is 42.5 Å². The molecule has 2 N–H and O–H groups in total. The second-order valence-corrected chi connectivity index (χ2v) is 6.14. The van der Waals surface area contributed by atoms with Crippen LogP contribution in [0.1, 0.15) is 36.4 Å². The lowest BCUT2D eigenvalue weighted by Gasteiger charge is -2.19. The van der Waals surface area contributed by atoms with Crippen LogP contribution in [0.25, 0.3) is 0 Å². The van der Waals surface area contributed by atoms with Gasteiger partial charge >= 0.3 is 0 Å². The number of fused-ring (bicyclic) bond motifs is 1. The molecule has 0 heterocycles. The van der Waals surface area contributed by atoms with Crippen LogP contribution < -0.4 is 10.1 Å². The normalized spacial score (nSPS) is 20.0. The number of carbonyl (C=O) groups is 1. The number of aliphatic hydroxyl groups is 1. The van der Waals surface area contributed by atoms with Gasteiger partial charge in [-0.2, -0.15) is 0 Å². The molecule has 4 nitrogen and oxygen atoms in total. The van der Waals surface area contributed by atoms with Crippen LogP contribution in [-0.2, 0) is 4.79 Å². The van der Waals surface area contributed by atoms with Crippen LogP contribution in [-0.4, -0.2) is 23.7 Å². The summed E-state index contributed by atoms with van der Waals surface area (Å²) < 4.78 is 31.6. The SMILES string of the molecule is C[C@H](Oc1ccc(F)c(F)c1)C(=O)N[C@H]1C[C@@H](CO)c2ccccc21. The van der Waals surface area contributed by atoms with E-state index < -0.39 is 17.7 Å². The number of aliphatic hydroxyl groups excluding tert-OH is 1. The molecular formula is C19H19F2NO3. The van der Waals surface area contributed by atoms with E-state index in [4.69, 9.17) is 4.74 Å². The van der Waals surface area contributed by atoms with E-state index in [0.29, 0.717) is 6.42 Å².